The van der Waals surface area contributed by atoms with Gasteiger partial charge in [-0.15, -0.1) is 0 Å². The van der Waals surface area contributed by atoms with E-state index in [1.807, 2.05) is 18.2 Å². The first-order valence-corrected chi connectivity index (χ1v) is 7.19. The molecule has 1 aromatic carbocycles. The van der Waals surface area contributed by atoms with Crippen molar-refractivity contribution in [2.45, 2.75) is 38.6 Å². The summed E-state index contributed by atoms with van der Waals surface area (Å²) in [6.07, 6.45) is 4.59. The number of hydrogen-bond donors (Lipinski definition) is 2. The number of benzene rings is 1. The molecule has 0 saturated heterocycles. The van der Waals surface area contributed by atoms with Gasteiger partial charge in [0.05, 0.1) is 10.5 Å². The Hall–Kier alpha value is -0.840. The van der Waals surface area contributed by atoms with E-state index >= 15 is 0 Å². The number of unbranched alkanes of at least 4 members (excludes halogenated alkanes) is 2. The summed E-state index contributed by atoms with van der Waals surface area (Å²) in [6, 6.07) is 8.20. The highest BCUT2D eigenvalue weighted by Crippen LogP contribution is 2.31. The van der Waals surface area contributed by atoms with Crippen LogP contribution in [0.2, 0.25) is 0 Å². The fourth-order valence-corrected chi connectivity index (χ4v) is 2.59. The second kappa shape index (κ2) is 6.36. The van der Waals surface area contributed by atoms with Crippen LogP contribution in [0.1, 0.15) is 44.4 Å². The summed E-state index contributed by atoms with van der Waals surface area (Å²) in [6.45, 7) is 2.20. The summed E-state index contributed by atoms with van der Waals surface area (Å²) in [5.41, 5.74) is 3.74. The molecule has 1 unspecified atom stereocenters. The molecule has 1 atom stereocenters. The van der Waals surface area contributed by atoms with Crippen LogP contribution < -0.4 is 11.3 Å². The number of halogens is 1. The Morgan fingerprint density at radius 1 is 1.39 bits per heavy atom. The van der Waals surface area contributed by atoms with E-state index in [1.54, 1.807) is 0 Å². The topological polar surface area (TPSA) is 51.2 Å². The molecule has 1 aromatic heterocycles. The third-order valence-electron chi connectivity index (χ3n) is 3.16. The van der Waals surface area contributed by atoms with Crippen molar-refractivity contribution in [3.8, 4) is 0 Å². The van der Waals surface area contributed by atoms with Gasteiger partial charge in [-0.3, -0.25) is 5.84 Å². The van der Waals surface area contributed by atoms with Crippen LogP contribution in [-0.4, -0.2) is 0 Å². The van der Waals surface area contributed by atoms with Gasteiger partial charge in [0.2, 0.25) is 0 Å². The maximum absolute atomic E-state index is 5.89. The fourth-order valence-electron chi connectivity index (χ4n) is 2.13. The van der Waals surface area contributed by atoms with Crippen molar-refractivity contribution in [2.24, 2.45) is 5.84 Å². The van der Waals surface area contributed by atoms with Gasteiger partial charge in [-0.1, -0.05) is 38.3 Å². The Bertz CT molecular complexity index is 509. The minimum absolute atomic E-state index is 0.0934. The number of para-hydroxylation sites is 1. The van der Waals surface area contributed by atoms with Crippen LogP contribution in [0.3, 0.4) is 0 Å². The molecular weight excluding hydrogens is 292 g/mol. The third kappa shape index (κ3) is 2.94. The first-order chi connectivity index (χ1) is 8.76. The Labute approximate surface area is 116 Å². The Morgan fingerprint density at radius 2 is 2.22 bits per heavy atom. The first kappa shape index (κ1) is 13.6. The number of fused-ring (bicyclic) bond motifs is 1. The van der Waals surface area contributed by atoms with E-state index in [2.05, 4.69) is 34.3 Å². The highest BCUT2D eigenvalue weighted by Gasteiger charge is 2.15. The fraction of sp³-hybridized carbons (Fsp3) is 0.429. The van der Waals surface area contributed by atoms with Gasteiger partial charge in [0, 0.05) is 5.39 Å². The van der Waals surface area contributed by atoms with Crippen molar-refractivity contribution in [3.63, 3.8) is 0 Å². The molecule has 0 bridgehead atoms. The first-order valence-electron chi connectivity index (χ1n) is 6.40. The molecule has 0 aliphatic carbocycles. The highest BCUT2D eigenvalue weighted by atomic mass is 79.9. The largest absolute Gasteiger partial charge is 0.458 e. The lowest BCUT2D eigenvalue weighted by Crippen LogP contribution is -2.27. The summed E-state index contributed by atoms with van der Waals surface area (Å²) < 4.78 is 6.88. The SMILES string of the molecule is CCCCCC(NN)c1cc2cccc(Br)c2o1. The molecule has 2 aromatic rings. The molecule has 0 spiro atoms. The normalized spacial score (nSPS) is 13.1. The molecule has 3 nitrogen and oxygen atoms in total. The van der Waals surface area contributed by atoms with Crippen LogP contribution in [-0.2, 0) is 0 Å². The summed E-state index contributed by atoms with van der Waals surface area (Å²) in [7, 11) is 0. The molecule has 0 saturated carbocycles. The van der Waals surface area contributed by atoms with Gasteiger partial charge in [-0.2, -0.15) is 0 Å². The lowest BCUT2D eigenvalue weighted by molar-refractivity contribution is 0.404. The molecule has 0 fully saturated rings. The third-order valence-corrected chi connectivity index (χ3v) is 3.78. The lowest BCUT2D eigenvalue weighted by Gasteiger charge is -2.12. The van der Waals surface area contributed by atoms with E-state index in [0.29, 0.717) is 0 Å². The van der Waals surface area contributed by atoms with E-state index in [1.165, 1.54) is 12.8 Å². The van der Waals surface area contributed by atoms with E-state index in [4.69, 9.17) is 10.3 Å². The van der Waals surface area contributed by atoms with Crippen LogP contribution in [0.15, 0.2) is 33.2 Å². The van der Waals surface area contributed by atoms with Crippen LogP contribution in [0.25, 0.3) is 11.0 Å². The van der Waals surface area contributed by atoms with Gasteiger partial charge in [0.1, 0.15) is 11.3 Å². The van der Waals surface area contributed by atoms with Crippen molar-refractivity contribution in [3.05, 3.63) is 34.5 Å². The Morgan fingerprint density at radius 3 is 2.89 bits per heavy atom. The second-order valence-electron chi connectivity index (χ2n) is 4.52. The molecule has 0 aliphatic heterocycles. The summed E-state index contributed by atoms with van der Waals surface area (Å²) in [5.74, 6) is 6.54. The van der Waals surface area contributed by atoms with Gasteiger partial charge < -0.3 is 4.42 Å². The zero-order chi connectivity index (χ0) is 13.0. The summed E-state index contributed by atoms with van der Waals surface area (Å²) in [5, 5.41) is 1.11. The number of hydrogen-bond acceptors (Lipinski definition) is 3. The van der Waals surface area contributed by atoms with Crippen LogP contribution in [0.4, 0.5) is 0 Å². The maximum Gasteiger partial charge on any atom is 0.148 e. The molecular formula is C14H19BrN2O. The van der Waals surface area contributed by atoms with Crippen molar-refractivity contribution >= 4 is 26.9 Å². The average Bonchev–Trinajstić information content (AvgIpc) is 2.80. The van der Waals surface area contributed by atoms with Gasteiger partial charge in [0.15, 0.2) is 0 Å². The number of hydrazine groups is 1. The van der Waals surface area contributed by atoms with Crippen LogP contribution in [0.5, 0.6) is 0 Å². The molecule has 1 heterocycles. The van der Waals surface area contributed by atoms with Crippen molar-refractivity contribution in [1.82, 2.24) is 5.43 Å². The second-order valence-corrected chi connectivity index (χ2v) is 5.38. The number of nitrogens with one attached hydrogen (secondary N) is 1. The van der Waals surface area contributed by atoms with Gasteiger partial charge >= 0.3 is 0 Å². The highest BCUT2D eigenvalue weighted by molar-refractivity contribution is 9.10. The van der Waals surface area contributed by atoms with E-state index in [9.17, 15) is 0 Å². The zero-order valence-electron chi connectivity index (χ0n) is 10.6. The summed E-state index contributed by atoms with van der Waals surface area (Å²) in [4.78, 5) is 0. The standard InChI is InChI=1S/C14H19BrN2O/c1-2-3-4-8-12(17-16)13-9-10-6-5-7-11(15)14(10)18-13/h5-7,9,12,17H,2-4,8,16H2,1H3. The van der Waals surface area contributed by atoms with Crippen molar-refractivity contribution in [2.75, 3.05) is 0 Å². The minimum Gasteiger partial charge on any atom is -0.458 e. The minimum atomic E-state index is 0.0934. The lowest BCUT2D eigenvalue weighted by atomic mass is 10.1. The van der Waals surface area contributed by atoms with E-state index < -0.39 is 0 Å². The molecule has 0 radical (unpaired) electrons. The van der Waals surface area contributed by atoms with Gasteiger partial charge in [-0.25, -0.2) is 5.43 Å². The van der Waals surface area contributed by atoms with E-state index in [-0.39, 0.29) is 6.04 Å². The van der Waals surface area contributed by atoms with Gasteiger partial charge in [0.25, 0.3) is 0 Å². The Kier molecular flexibility index (Phi) is 4.80. The smallest absolute Gasteiger partial charge is 0.148 e. The molecule has 98 valence electrons. The van der Waals surface area contributed by atoms with Crippen molar-refractivity contribution < 1.29 is 4.42 Å². The molecule has 0 amide bonds. The molecule has 18 heavy (non-hydrogen) atoms. The predicted octanol–water partition coefficient (Wildman–Crippen LogP) is 4.28. The number of rotatable bonds is 6. The molecule has 3 N–H and O–H groups in total. The van der Waals surface area contributed by atoms with Crippen LogP contribution in [0, 0.1) is 0 Å². The number of nitrogens with two attached hydrogens (primary N) is 1. The quantitative estimate of drug-likeness (QED) is 0.475. The molecule has 2 rings (SSSR count). The molecule has 0 aliphatic rings. The van der Waals surface area contributed by atoms with E-state index in [0.717, 1.165) is 34.0 Å². The Balaban J connectivity index is 2.20. The molecule has 4 heteroatoms. The maximum atomic E-state index is 5.89. The predicted molar refractivity (Wildman–Crippen MR) is 78.1 cm³/mol. The van der Waals surface area contributed by atoms with Crippen LogP contribution >= 0.6 is 15.9 Å². The summed E-state index contributed by atoms with van der Waals surface area (Å²) >= 11 is 3.50. The van der Waals surface area contributed by atoms with Gasteiger partial charge in [-0.05, 0) is 34.5 Å². The average molecular weight is 311 g/mol. The monoisotopic (exact) mass is 310 g/mol. The number of furan rings is 1. The van der Waals surface area contributed by atoms with Crippen molar-refractivity contribution in [1.29, 1.82) is 0 Å². The zero-order valence-corrected chi connectivity index (χ0v) is 12.2.